The maximum absolute atomic E-state index is 13.4. The van der Waals surface area contributed by atoms with Gasteiger partial charge in [0.25, 0.3) is 5.91 Å². The molecular weight excluding hydrogens is 289 g/mol. The Labute approximate surface area is 108 Å². The molecule has 0 aromatic heterocycles. The third kappa shape index (κ3) is 4.00. The first kappa shape index (κ1) is 14.0. The summed E-state index contributed by atoms with van der Waals surface area (Å²) in [4.78, 5) is 12.0. The number of halogens is 2. The van der Waals surface area contributed by atoms with Crippen LogP contribution >= 0.6 is 15.9 Å². The van der Waals surface area contributed by atoms with Crippen LogP contribution in [0.2, 0.25) is 0 Å². The standard InChI is InChI=1S/C12H15BrFNO2/c1-7(13)6-8(2)15-12(17)11-9(14)4-3-5-10(11)16/h3-5,7-8,16H,6H2,1-2H3,(H,15,17). The van der Waals surface area contributed by atoms with Gasteiger partial charge in [0.05, 0.1) is 0 Å². The van der Waals surface area contributed by atoms with Crippen molar-refractivity contribution in [1.82, 2.24) is 5.32 Å². The average Bonchev–Trinajstić information content (AvgIpc) is 2.15. The summed E-state index contributed by atoms with van der Waals surface area (Å²) in [6.45, 7) is 3.79. The van der Waals surface area contributed by atoms with E-state index < -0.39 is 11.7 Å². The Morgan fingerprint density at radius 3 is 2.71 bits per heavy atom. The summed E-state index contributed by atoms with van der Waals surface area (Å²) >= 11 is 3.38. The maximum Gasteiger partial charge on any atom is 0.258 e. The highest BCUT2D eigenvalue weighted by Crippen LogP contribution is 2.20. The van der Waals surface area contributed by atoms with Crippen molar-refractivity contribution in [2.75, 3.05) is 0 Å². The van der Waals surface area contributed by atoms with E-state index in [-0.39, 0.29) is 22.2 Å². The van der Waals surface area contributed by atoms with E-state index >= 15 is 0 Å². The fraction of sp³-hybridized carbons (Fsp3) is 0.417. The lowest BCUT2D eigenvalue weighted by molar-refractivity contribution is 0.0931. The highest BCUT2D eigenvalue weighted by atomic mass is 79.9. The minimum atomic E-state index is -0.721. The third-order valence-electron chi connectivity index (χ3n) is 2.27. The molecular formula is C12H15BrFNO2. The van der Waals surface area contributed by atoms with Crippen LogP contribution < -0.4 is 5.32 Å². The summed E-state index contributed by atoms with van der Waals surface area (Å²) in [5.41, 5.74) is -0.304. The van der Waals surface area contributed by atoms with Gasteiger partial charge in [0.15, 0.2) is 0 Å². The van der Waals surface area contributed by atoms with Gasteiger partial charge in [0.1, 0.15) is 17.1 Å². The number of phenolic OH excluding ortho intramolecular Hbond substituents is 1. The molecule has 0 spiro atoms. The molecule has 5 heteroatoms. The topological polar surface area (TPSA) is 49.3 Å². The van der Waals surface area contributed by atoms with Gasteiger partial charge in [0.2, 0.25) is 0 Å². The van der Waals surface area contributed by atoms with Gasteiger partial charge in [0, 0.05) is 10.9 Å². The molecule has 1 rings (SSSR count). The number of hydrogen-bond donors (Lipinski definition) is 2. The number of alkyl halides is 1. The summed E-state index contributed by atoms with van der Waals surface area (Å²) in [5, 5.41) is 12.1. The molecule has 0 aliphatic carbocycles. The third-order valence-corrected chi connectivity index (χ3v) is 2.65. The fourth-order valence-corrected chi connectivity index (χ4v) is 2.14. The van der Waals surface area contributed by atoms with E-state index in [1.165, 1.54) is 12.1 Å². The number of nitrogens with one attached hydrogen (secondary N) is 1. The SMILES string of the molecule is CC(Br)CC(C)NC(=O)c1c(O)cccc1F. The molecule has 0 saturated heterocycles. The zero-order valence-electron chi connectivity index (χ0n) is 9.71. The zero-order valence-corrected chi connectivity index (χ0v) is 11.3. The Balaban J connectivity index is 2.77. The van der Waals surface area contributed by atoms with E-state index in [2.05, 4.69) is 21.2 Å². The van der Waals surface area contributed by atoms with Crippen LogP contribution in [0.5, 0.6) is 5.75 Å². The molecule has 0 aliphatic heterocycles. The van der Waals surface area contributed by atoms with Crippen molar-refractivity contribution in [3.63, 3.8) is 0 Å². The lowest BCUT2D eigenvalue weighted by atomic mass is 10.1. The molecule has 1 amide bonds. The zero-order chi connectivity index (χ0) is 13.0. The predicted molar refractivity (Wildman–Crippen MR) is 68.0 cm³/mol. The number of benzene rings is 1. The molecule has 0 aliphatic rings. The lowest BCUT2D eigenvalue weighted by Gasteiger charge is -2.15. The summed E-state index contributed by atoms with van der Waals surface area (Å²) in [6.07, 6.45) is 0.723. The Morgan fingerprint density at radius 2 is 2.18 bits per heavy atom. The van der Waals surface area contributed by atoms with E-state index in [4.69, 9.17) is 0 Å². The number of hydrogen-bond acceptors (Lipinski definition) is 2. The number of phenols is 1. The quantitative estimate of drug-likeness (QED) is 0.840. The number of aromatic hydroxyl groups is 1. The molecule has 0 radical (unpaired) electrons. The van der Waals surface area contributed by atoms with Crippen LogP contribution in [0.4, 0.5) is 4.39 Å². The average molecular weight is 304 g/mol. The Bertz CT molecular complexity index is 389. The Hall–Kier alpha value is -1.10. The van der Waals surface area contributed by atoms with Gasteiger partial charge in [-0.1, -0.05) is 28.9 Å². The lowest BCUT2D eigenvalue weighted by Crippen LogP contribution is -2.34. The van der Waals surface area contributed by atoms with Gasteiger partial charge in [-0.05, 0) is 25.5 Å². The van der Waals surface area contributed by atoms with Crippen molar-refractivity contribution in [1.29, 1.82) is 0 Å². The molecule has 3 nitrogen and oxygen atoms in total. The van der Waals surface area contributed by atoms with Crippen molar-refractivity contribution in [2.24, 2.45) is 0 Å². The van der Waals surface area contributed by atoms with E-state index in [0.29, 0.717) is 0 Å². The number of carbonyl (C=O) groups excluding carboxylic acids is 1. The molecule has 2 atom stereocenters. The fourth-order valence-electron chi connectivity index (χ4n) is 1.58. The molecule has 0 saturated carbocycles. The van der Waals surface area contributed by atoms with Gasteiger partial charge in [-0.2, -0.15) is 0 Å². The van der Waals surface area contributed by atoms with Gasteiger partial charge < -0.3 is 10.4 Å². The monoisotopic (exact) mass is 303 g/mol. The smallest absolute Gasteiger partial charge is 0.258 e. The molecule has 2 unspecified atom stereocenters. The second kappa shape index (κ2) is 6.00. The molecule has 94 valence electrons. The van der Waals surface area contributed by atoms with Crippen LogP contribution in [0.3, 0.4) is 0 Å². The van der Waals surface area contributed by atoms with Crippen LogP contribution in [0.1, 0.15) is 30.6 Å². The van der Waals surface area contributed by atoms with E-state index in [9.17, 15) is 14.3 Å². The van der Waals surface area contributed by atoms with Crippen LogP contribution in [0.25, 0.3) is 0 Å². The van der Waals surface area contributed by atoms with E-state index in [0.717, 1.165) is 12.5 Å². The summed E-state index contributed by atoms with van der Waals surface area (Å²) in [7, 11) is 0. The second-order valence-electron chi connectivity index (χ2n) is 4.02. The Kier molecular flexibility index (Phi) is 4.93. The van der Waals surface area contributed by atoms with Crippen molar-refractivity contribution in [2.45, 2.75) is 31.1 Å². The first-order chi connectivity index (χ1) is 7.91. The molecule has 0 fully saturated rings. The van der Waals surface area contributed by atoms with Crippen molar-refractivity contribution >= 4 is 21.8 Å². The molecule has 0 bridgehead atoms. The number of rotatable bonds is 4. The normalized spacial score (nSPS) is 14.1. The van der Waals surface area contributed by atoms with Crippen LogP contribution in [-0.4, -0.2) is 21.9 Å². The van der Waals surface area contributed by atoms with Gasteiger partial charge >= 0.3 is 0 Å². The van der Waals surface area contributed by atoms with Crippen molar-refractivity contribution in [3.05, 3.63) is 29.6 Å². The van der Waals surface area contributed by atoms with E-state index in [1.807, 2.05) is 13.8 Å². The molecule has 0 heterocycles. The highest BCUT2D eigenvalue weighted by Gasteiger charge is 2.18. The maximum atomic E-state index is 13.4. The first-order valence-electron chi connectivity index (χ1n) is 5.34. The predicted octanol–water partition coefficient (Wildman–Crippen LogP) is 2.82. The molecule has 2 N–H and O–H groups in total. The largest absolute Gasteiger partial charge is 0.507 e. The summed E-state index contributed by atoms with van der Waals surface area (Å²) < 4.78 is 13.4. The Morgan fingerprint density at radius 1 is 1.53 bits per heavy atom. The summed E-state index contributed by atoms with van der Waals surface area (Å²) in [5.74, 6) is -1.66. The van der Waals surface area contributed by atoms with Crippen LogP contribution in [0.15, 0.2) is 18.2 Å². The van der Waals surface area contributed by atoms with Crippen LogP contribution in [-0.2, 0) is 0 Å². The highest BCUT2D eigenvalue weighted by molar-refractivity contribution is 9.09. The molecule has 1 aromatic carbocycles. The van der Waals surface area contributed by atoms with E-state index in [1.54, 1.807) is 0 Å². The molecule has 1 aromatic rings. The minimum Gasteiger partial charge on any atom is -0.507 e. The van der Waals surface area contributed by atoms with Gasteiger partial charge in [-0.3, -0.25) is 4.79 Å². The first-order valence-corrected chi connectivity index (χ1v) is 6.25. The minimum absolute atomic E-state index is 0.101. The second-order valence-corrected chi connectivity index (χ2v) is 5.59. The van der Waals surface area contributed by atoms with Crippen molar-refractivity contribution < 1.29 is 14.3 Å². The van der Waals surface area contributed by atoms with Gasteiger partial charge in [-0.25, -0.2) is 4.39 Å². The van der Waals surface area contributed by atoms with Crippen LogP contribution in [0, 0.1) is 5.82 Å². The number of carbonyl (C=O) groups is 1. The van der Waals surface area contributed by atoms with Crippen molar-refractivity contribution in [3.8, 4) is 5.75 Å². The van der Waals surface area contributed by atoms with Gasteiger partial charge in [-0.15, -0.1) is 0 Å². The molecule has 17 heavy (non-hydrogen) atoms. The summed E-state index contributed by atoms with van der Waals surface area (Å²) in [6, 6.07) is 3.68. The number of amides is 1.